The summed E-state index contributed by atoms with van der Waals surface area (Å²) < 4.78 is 21.0. The second-order valence-corrected chi connectivity index (χ2v) is 5.09. The Hall–Kier alpha value is -2.54. The molecule has 1 atom stereocenters. The number of methoxy groups -OCH3 is 2. The quantitative estimate of drug-likeness (QED) is 0.793. The summed E-state index contributed by atoms with van der Waals surface area (Å²) in [5.41, 5.74) is 1.11. The van der Waals surface area contributed by atoms with E-state index in [1.807, 2.05) is 6.07 Å². The number of rotatable bonds is 4. The number of carbonyl (C=O) groups excluding carboxylic acids is 1. The Bertz CT molecular complexity index is 755. The largest absolute Gasteiger partial charge is 0.480 e. The fraction of sp³-hybridized carbons (Fsp3) is 0.267. The molecule has 120 valence electrons. The monoisotopic (exact) mass is 336 g/mol. The van der Waals surface area contributed by atoms with Gasteiger partial charge in [-0.1, -0.05) is 23.7 Å². The van der Waals surface area contributed by atoms with Gasteiger partial charge in [-0.05, 0) is 13.0 Å². The van der Waals surface area contributed by atoms with Crippen LogP contribution in [0.15, 0.2) is 18.2 Å². The number of fused-ring (bicyclic) bond motifs is 1. The van der Waals surface area contributed by atoms with Crippen LogP contribution in [-0.4, -0.2) is 30.2 Å². The van der Waals surface area contributed by atoms with Crippen LogP contribution >= 0.6 is 11.6 Å². The zero-order valence-electron chi connectivity index (χ0n) is 12.6. The molecule has 23 heavy (non-hydrogen) atoms. The van der Waals surface area contributed by atoms with Crippen molar-refractivity contribution < 1.29 is 23.7 Å². The number of halogens is 1. The highest BCUT2D eigenvalue weighted by Gasteiger charge is 2.31. The molecule has 7 nitrogen and oxygen atoms in total. The minimum atomic E-state index is -0.448. The summed E-state index contributed by atoms with van der Waals surface area (Å²) in [6, 6.07) is 5.15. The molecule has 0 aliphatic carbocycles. The third-order valence-corrected chi connectivity index (χ3v) is 3.67. The van der Waals surface area contributed by atoms with E-state index < -0.39 is 5.97 Å². The summed E-state index contributed by atoms with van der Waals surface area (Å²) in [6.07, 6.45) is -0.323. The van der Waals surface area contributed by atoms with E-state index in [1.54, 1.807) is 19.1 Å². The third-order valence-electron chi connectivity index (χ3n) is 3.34. The number of hydrogen-bond acceptors (Lipinski definition) is 7. The molecule has 1 aromatic carbocycles. The molecule has 3 rings (SSSR count). The molecule has 0 spiro atoms. The summed E-state index contributed by atoms with van der Waals surface area (Å²) in [5, 5.41) is 0.133. The molecule has 1 aromatic heterocycles. The second kappa shape index (κ2) is 5.92. The second-order valence-electron chi connectivity index (χ2n) is 4.71. The Morgan fingerprint density at radius 2 is 1.83 bits per heavy atom. The molecule has 1 aliphatic heterocycles. The third kappa shape index (κ3) is 2.63. The topological polar surface area (TPSA) is 79.8 Å². The Morgan fingerprint density at radius 3 is 2.43 bits per heavy atom. The molecule has 0 saturated carbocycles. The van der Waals surface area contributed by atoms with E-state index in [0.717, 1.165) is 5.56 Å². The van der Waals surface area contributed by atoms with Crippen molar-refractivity contribution in [3.05, 3.63) is 34.3 Å². The zero-order valence-corrected chi connectivity index (χ0v) is 13.4. The maximum atomic E-state index is 12.0. The Morgan fingerprint density at radius 1 is 1.17 bits per heavy atom. The van der Waals surface area contributed by atoms with Crippen molar-refractivity contribution in [3.8, 4) is 23.5 Å². The van der Waals surface area contributed by atoms with Crippen LogP contribution in [0.4, 0.5) is 0 Å². The highest BCUT2D eigenvalue weighted by Crippen LogP contribution is 2.39. The number of carbonyl (C=O) groups is 1. The lowest BCUT2D eigenvalue weighted by atomic mass is 10.1. The standard InChI is InChI=1S/C15H13ClN2O5/c1-7-8-5-4-6-9(10(8)14(19)22-7)23-15-17-12(20-2)11(16)13(18-15)21-3/h4-7H,1-3H3. The van der Waals surface area contributed by atoms with Crippen molar-refractivity contribution in [2.45, 2.75) is 13.0 Å². The van der Waals surface area contributed by atoms with Crippen LogP contribution in [0.25, 0.3) is 0 Å². The molecule has 2 aromatic rings. The van der Waals surface area contributed by atoms with Crippen molar-refractivity contribution in [2.24, 2.45) is 0 Å². The first-order valence-electron chi connectivity index (χ1n) is 6.72. The number of cyclic esters (lactones) is 1. The molecule has 2 heterocycles. The first-order chi connectivity index (χ1) is 11.0. The van der Waals surface area contributed by atoms with E-state index in [0.29, 0.717) is 11.3 Å². The maximum absolute atomic E-state index is 12.0. The average Bonchev–Trinajstić information content (AvgIpc) is 2.84. The molecule has 0 N–H and O–H groups in total. The van der Waals surface area contributed by atoms with Gasteiger partial charge in [-0.15, -0.1) is 0 Å². The smallest absolute Gasteiger partial charge is 0.342 e. The lowest BCUT2D eigenvalue weighted by Crippen LogP contribution is -2.02. The zero-order chi connectivity index (χ0) is 16.6. The molecule has 0 fully saturated rings. The lowest BCUT2D eigenvalue weighted by molar-refractivity contribution is 0.0420. The number of esters is 1. The van der Waals surface area contributed by atoms with Gasteiger partial charge in [0.05, 0.1) is 14.2 Å². The predicted molar refractivity (Wildman–Crippen MR) is 80.5 cm³/mol. The number of benzene rings is 1. The van der Waals surface area contributed by atoms with E-state index in [4.69, 9.17) is 30.5 Å². The SMILES string of the molecule is COc1nc(Oc2cccc3c2C(=O)OC3C)nc(OC)c1Cl. The van der Waals surface area contributed by atoms with E-state index in [9.17, 15) is 4.79 Å². The fourth-order valence-corrected chi connectivity index (χ4v) is 2.52. The summed E-state index contributed by atoms with van der Waals surface area (Å²) in [7, 11) is 2.83. The van der Waals surface area contributed by atoms with E-state index in [-0.39, 0.29) is 28.9 Å². The van der Waals surface area contributed by atoms with Gasteiger partial charge in [0.1, 0.15) is 17.4 Å². The number of aromatic nitrogens is 2. The molecule has 8 heteroatoms. The van der Waals surface area contributed by atoms with E-state index in [1.165, 1.54) is 14.2 Å². The van der Waals surface area contributed by atoms with Crippen LogP contribution < -0.4 is 14.2 Å². The molecular weight excluding hydrogens is 324 g/mol. The van der Waals surface area contributed by atoms with Crippen molar-refractivity contribution in [1.29, 1.82) is 0 Å². The Balaban J connectivity index is 2.03. The predicted octanol–water partition coefficient (Wildman–Crippen LogP) is 3.17. The highest BCUT2D eigenvalue weighted by molar-refractivity contribution is 6.33. The number of hydrogen-bond donors (Lipinski definition) is 0. The summed E-state index contributed by atoms with van der Waals surface area (Å²) in [4.78, 5) is 20.1. The van der Waals surface area contributed by atoms with Crippen LogP contribution in [-0.2, 0) is 4.74 Å². The minimum absolute atomic E-state index is 0.0520. The number of ether oxygens (including phenoxy) is 4. The van der Waals surface area contributed by atoms with Crippen LogP contribution in [0.3, 0.4) is 0 Å². The van der Waals surface area contributed by atoms with Gasteiger partial charge in [0.25, 0.3) is 0 Å². The van der Waals surface area contributed by atoms with Gasteiger partial charge >= 0.3 is 12.0 Å². The van der Waals surface area contributed by atoms with Crippen LogP contribution in [0, 0.1) is 0 Å². The van der Waals surface area contributed by atoms with Gasteiger partial charge in [-0.25, -0.2) is 4.79 Å². The minimum Gasteiger partial charge on any atom is -0.480 e. The molecule has 0 bridgehead atoms. The van der Waals surface area contributed by atoms with Crippen LogP contribution in [0.5, 0.6) is 23.5 Å². The van der Waals surface area contributed by atoms with Gasteiger partial charge in [0.2, 0.25) is 11.8 Å². The molecule has 0 amide bonds. The van der Waals surface area contributed by atoms with E-state index >= 15 is 0 Å². The number of nitrogens with zero attached hydrogens (tertiary/aromatic N) is 2. The maximum Gasteiger partial charge on any atom is 0.342 e. The fourth-order valence-electron chi connectivity index (χ4n) is 2.28. The summed E-state index contributed by atoms with van der Waals surface area (Å²) in [5.74, 6) is 0.0633. The Labute approximate surface area is 137 Å². The summed E-state index contributed by atoms with van der Waals surface area (Å²) >= 11 is 6.02. The van der Waals surface area contributed by atoms with Gasteiger partial charge in [-0.3, -0.25) is 0 Å². The van der Waals surface area contributed by atoms with Gasteiger partial charge in [-0.2, -0.15) is 9.97 Å². The van der Waals surface area contributed by atoms with Gasteiger partial charge in [0.15, 0.2) is 5.02 Å². The van der Waals surface area contributed by atoms with Gasteiger partial charge < -0.3 is 18.9 Å². The van der Waals surface area contributed by atoms with Gasteiger partial charge in [0, 0.05) is 5.56 Å². The van der Waals surface area contributed by atoms with Crippen molar-refractivity contribution in [3.63, 3.8) is 0 Å². The molecule has 1 unspecified atom stereocenters. The van der Waals surface area contributed by atoms with Crippen LogP contribution in [0.1, 0.15) is 28.9 Å². The average molecular weight is 337 g/mol. The van der Waals surface area contributed by atoms with Crippen molar-refractivity contribution in [1.82, 2.24) is 9.97 Å². The first-order valence-corrected chi connectivity index (χ1v) is 7.10. The highest BCUT2D eigenvalue weighted by atomic mass is 35.5. The summed E-state index contributed by atoms with van der Waals surface area (Å²) in [6.45, 7) is 1.79. The first kappa shape index (κ1) is 15.4. The lowest BCUT2D eigenvalue weighted by Gasteiger charge is -2.10. The van der Waals surface area contributed by atoms with Crippen LogP contribution in [0.2, 0.25) is 5.02 Å². The van der Waals surface area contributed by atoms with Crippen molar-refractivity contribution >= 4 is 17.6 Å². The molecule has 1 aliphatic rings. The Kier molecular flexibility index (Phi) is 3.96. The van der Waals surface area contributed by atoms with Crippen molar-refractivity contribution in [2.75, 3.05) is 14.2 Å². The molecule has 0 saturated heterocycles. The molecular formula is C15H13ClN2O5. The normalized spacial score (nSPS) is 15.8. The molecule has 0 radical (unpaired) electrons. The van der Waals surface area contributed by atoms with E-state index in [2.05, 4.69) is 9.97 Å².